The van der Waals surface area contributed by atoms with Gasteiger partial charge in [0, 0.05) is 91.3 Å². The van der Waals surface area contributed by atoms with Crippen LogP contribution in [0.4, 0.5) is 0 Å². The van der Waals surface area contributed by atoms with Gasteiger partial charge in [0.1, 0.15) is 6.29 Å². The van der Waals surface area contributed by atoms with E-state index in [-0.39, 0.29) is 41.0 Å². The summed E-state index contributed by atoms with van der Waals surface area (Å²) in [7, 11) is 3.89. The molecule has 2 aliphatic heterocycles. The van der Waals surface area contributed by atoms with E-state index in [9.17, 15) is 9.59 Å². The van der Waals surface area contributed by atoms with Crippen LogP contribution in [0.1, 0.15) is 102 Å². The molecule has 312 valence electrons. The highest BCUT2D eigenvalue weighted by molar-refractivity contribution is 7.10. The Morgan fingerprint density at radius 1 is 1.19 bits per heavy atom. The molecule has 0 radical (unpaired) electrons. The number of thiazole rings is 1. The summed E-state index contributed by atoms with van der Waals surface area (Å²) in [5.41, 5.74) is 8.62. The van der Waals surface area contributed by atoms with Crippen molar-refractivity contribution in [3.05, 3.63) is 83.0 Å². The van der Waals surface area contributed by atoms with E-state index in [1.165, 1.54) is 16.5 Å². The third kappa shape index (κ3) is 9.25. The van der Waals surface area contributed by atoms with Crippen molar-refractivity contribution >= 4 is 34.4 Å². The average molecular weight is 807 g/mol. The number of hydrogen-bond acceptors (Lipinski definition) is 8. The Bertz CT molecular complexity index is 2090. The molecule has 10 heteroatoms. The number of ether oxygens (including phenoxy) is 1. The van der Waals surface area contributed by atoms with E-state index in [1.807, 2.05) is 25.3 Å². The average Bonchev–Trinajstić information content (AvgIpc) is 3.78. The molecule has 0 aliphatic carbocycles. The van der Waals surface area contributed by atoms with Gasteiger partial charge in [0.05, 0.1) is 34.2 Å². The lowest BCUT2D eigenvalue weighted by Crippen LogP contribution is -2.79. The summed E-state index contributed by atoms with van der Waals surface area (Å²) in [5, 5.41) is 7.89. The quantitative estimate of drug-likeness (QED) is 0.0663. The summed E-state index contributed by atoms with van der Waals surface area (Å²) in [6, 6.07) is 10.7. The number of carbonyl (C=O) groups excluding carboxylic acids is 2. The number of aryl methyl sites for hydroxylation is 1. The number of nitrogens with one attached hydrogen (secondary N) is 1. The minimum atomic E-state index is -0.178. The van der Waals surface area contributed by atoms with E-state index in [0.29, 0.717) is 12.8 Å². The van der Waals surface area contributed by atoms with Gasteiger partial charge in [-0.05, 0) is 101 Å². The van der Waals surface area contributed by atoms with Crippen LogP contribution in [-0.4, -0.2) is 87.9 Å². The monoisotopic (exact) mass is 806 g/mol. The Hall–Kier alpha value is -3.96. The van der Waals surface area contributed by atoms with Gasteiger partial charge in [-0.3, -0.25) is 14.7 Å². The fourth-order valence-corrected chi connectivity index (χ4v) is 10.4. The van der Waals surface area contributed by atoms with Gasteiger partial charge in [0.15, 0.2) is 0 Å². The summed E-state index contributed by atoms with van der Waals surface area (Å²) in [4.78, 5) is 40.6. The number of aromatic nitrogens is 3. The Morgan fingerprint density at radius 3 is 2.60 bits per heavy atom. The van der Waals surface area contributed by atoms with Crippen molar-refractivity contribution in [2.75, 3.05) is 33.8 Å². The molecular formula is C48H66N6O3S. The maximum atomic E-state index is 14.2. The molecule has 2 fully saturated rings. The zero-order chi connectivity index (χ0) is 41.8. The smallest absolute Gasteiger partial charge is 0.237 e. The van der Waals surface area contributed by atoms with Gasteiger partial charge in [0.25, 0.3) is 0 Å². The predicted molar refractivity (Wildman–Crippen MR) is 239 cm³/mol. The van der Waals surface area contributed by atoms with Crippen LogP contribution in [0, 0.1) is 11.3 Å². The van der Waals surface area contributed by atoms with Crippen molar-refractivity contribution in [2.24, 2.45) is 11.3 Å². The van der Waals surface area contributed by atoms with Crippen molar-refractivity contribution in [1.29, 1.82) is 0 Å². The van der Waals surface area contributed by atoms with Crippen LogP contribution in [0.15, 0.2) is 66.7 Å². The molecule has 5 heterocycles. The predicted octanol–water partition coefficient (Wildman–Crippen LogP) is 9.46. The maximum absolute atomic E-state index is 14.2. The van der Waals surface area contributed by atoms with E-state index in [0.717, 1.165) is 110 Å². The molecule has 3 atom stereocenters. The molecule has 58 heavy (non-hydrogen) atoms. The number of benzene rings is 1. The van der Waals surface area contributed by atoms with Gasteiger partial charge in [-0.25, -0.2) is 4.98 Å². The standard InChI is InChI=1S/C48H66N6O3S/c1-11-33(5)16-13-17-36(50-46(56)44(32(3)4)54-24-22-48(54)30-52(9)31-48)27-42-51-40(29-58-42)35-19-20-41-38(26-35)39(28-47(7,8)21-15-25-55)45(53(41)12-2)37-18-14-23-49-43(37)34(6)57-10/h11,14,18-20,23,25-26,29,32,34,36,44H,1,5,12-13,15-17,21-22,24,27-28,30-31H2,2-4,6-10H3,(H,50,56). The fraction of sp³-hybridized carbons (Fsp3) is 0.542. The number of nitrogens with zero attached hydrogens (tertiary/aromatic N) is 5. The normalized spacial score (nSPS) is 17.2. The molecule has 1 aromatic carbocycles. The molecule has 6 rings (SSSR count). The van der Waals surface area contributed by atoms with E-state index >= 15 is 0 Å². The SMILES string of the molecule is C=CC(=C)CCCC(Cc1nc(-c2ccc3c(c2)c(CC(C)(C)CCC=O)c(-c2cccnc2C(C)OC)n3CC)cs1)NC(=O)C(C(C)C)N1CCC12CN(C)C2. The van der Waals surface area contributed by atoms with Gasteiger partial charge >= 0.3 is 0 Å². The van der Waals surface area contributed by atoms with Gasteiger partial charge < -0.3 is 24.3 Å². The molecule has 1 spiro atoms. The second kappa shape index (κ2) is 18.5. The van der Waals surface area contributed by atoms with Crippen LogP contribution < -0.4 is 5.32 Å². The van der Waals surface area contributed by atoms with Gasteiger partial charge in [-0.15, -0.1) is 11.3 Å². The van der Waals surface area contributed by atoms with E-state index in [4.69, 9.17) is 14.7 Å². The second-order valence-corrected chi connectivity index (χ2v) is 18.9. The zero-order valence-electron chi connectivity index (χ0n) is 36.3. The van der Waals surface area contributed by atoms with Crippen LogP contribution in [0.5, 0.6) is 0 Å². The number of methoxy groups -OCH3 is 1. The fourth-order valence-electron chi connectivity index (χ4n) is 9.50. The van der Waals surface area contributed by atoms with E-state index < -0.39 is 0 Å². The van der Waals surface area contributed by atoms with Crippen molar-refractivity contribution < 1.29 is 14.3 Å². The molecule has 3 unspecified atom stereocenters. The van der Waals surface area contributed by atoms with Gasteiger partial charge in [-0.2, -0.15) is 0 Å². The lowest BCUT2D eigenvalue weighted by Gasteiger charge is -2.64. The second-order valence-electron chi connectivity index (χ2n) is 18.0. The zero-order valence-corrected chi connectivity index (χ0v) is 37.1. The molecule has 0 saturated carbocycles. The number of amides is 1. The summed E-state index contributed by atoms with van der Waals surface area (Å²) >= 11 is 1.67. The number of allylic oxidation sites excluding steroid dienone is 2. The van der Waals surface area contributed by atoms with Crippen LogP contribution in [-0.2, 0) is 33.7 Å². The maximum Gasteiger partial charge on any atom is 0.237 e. The minimum Gasteiger partial charge on any atom is -0.375 e. The van der Waals surface area contributed by atoms with Crippen LogP contribution in [0.3, 0.4) is 0 Å². The Labute approximate surface area is 351 Å². The number of rotatable bonds is 21. The molecule has 3 aromatic heterocycles. The van der Waals surface area contributed by atoms with Crippen LogP contribution in [0.25, 0.3) is 33.4 Å². The van der Waals surface area contributed by atoms with E-state index in [2.05, 4.69) is 104 Å². The van der Waals surface area contributed by atoms with Gasteiger partial charge in [-0.1, -0.05) is 58.6 Å². The molecule has 4 aromatic rings. The van der Waals surface area contributed by atoms with Crippen molar-refractivity contribution in [2.45, 2.75) is 123 Å². The third-order valence-corrected chi connectivity index (χ3v) is 13.5. The first kappa shape index (κ1) is 43.6. The molecule has 1 N–H and O–H groups in total. The summed E-state index contributed by atoms with van der Waals surface area (Å²) < 4.78 is 8.22. The highest BCUT2D eigenvalue weighted by atomic mass is 32.1. The largest absolute Gasteiger partial charge is 0.375 e. The first-order valence-electron chi connectivity index (χ1n) is 21.3. The highest BCUT2D eigenvalue weighted by Crippen LogP contribution is 2.43. The molecule has 0 bridgehead atoms. The number of likely N-dealkylation sites (tertiary alicyclic amines) is 2. The van der Waals surface area contributed by atoms with Crippen molar-refractivity contribution in [1.82, 2.24) is 29.7 Å². The lowest BCUT2D eigenvalue weighted by atomic mass is 9.75. The topological polar surface area (TPSA) is 92.6 Å². The number of fused-ring (bicyclic) bond motifs is 1. The molecule has 2 aliphatic rings. The first-order chi connectivity index (χ1) is 27.7. The van der Waals surface area contributed by atoms with Crippen molar-refractivity contribution in [3.63, 3.8) is 0 Å². The molecule has 1 amide bonds. The Morgan fingerprint density at radius 2 is 1.97 bits per heavy atom. The number of pyridine rings is 1. The number of likely N-dealkylation sites (N-methyl/N-ethyl adjacent to an activating group) is 1. The summed E-state index contributed by atoms with van der Waals surface area (Å²) in [6.07, 6.45) is 11.1. The number of aldehydes is 1. The van der Waals surface area contributed by atoms with E-state index in [1.54, 1.807) is 18.4 Å². The van der Waals surface area contributed by atoms with Crippen molar-refractivity contribution in [3.8, 4) is 22.5 Å². The number of hydrogen-bond donors (Lipinski definition) is 1. The summed E-state index contributed by atoms with van der Waals surface area (Å²) in [5.74, 6) is 0.345. The minimum absolute atomic E-state index is 0.0429. The third-order valence-electron chi connectivity index (χ3n) is 12.7. The molecular weight excluding hydrogens is 741 g/mol. The van der Waals surface area contributed by atoms with Crippen LogP contribution in [0.2, 0.25) is 0 Å². The molecule has 9 nitrogen and oxygen atoms in total. The Balaban J connectivity index is 1.33. The van der Waals surface area contributed by atoms with Gasteiger partial charge in [0.2, 0.25) is 5.91 Å². The summed E-state index contributed by atoms with van der Waals surface area (Å²) in [6.45, 7) is 25.0. The first-order valence-corrected chi connectivity index (χ1v) is 22.2. The Kier molecular flexibility index (Phi) is 13.9. The highest BCUT2D eigenvalue weighted by Gasteiger charge is 2.56. The van der Waals surface area contributed by atoms with Crippen LogP contribution >= 0.6 is 11.3 Å². The molecule has 2 saturated heterocycles. The lowest BCUT2D eigenvalue weighted by molar-refractivity contribution is -0.161. The number of carbonyl (C=O) groups is 2.